The van der Waals surface area contributed by atoms with Gasteiger partial charge in [-0.2, -0.15) is 0 Å². The maximum Gasteiger partial charge on any atom is 0.511 e. The third-order valence-corrected chi connectivity index (χ3v) is 5.96. The van der Waals surface area contributed by atoms with Crippen LogP contribution in [0.2, 0.25) is 0 Å². The van der Waals surface area contributed by atoms with E-state index in [4.69, 9.17) is 9.84 Å². The number of aromatic nitrogens is 2. The van der Waals surface area contributed by atoms with Crippen LogP contribution in [0, 0.1) is 5.92 Å². The Balaban J connectivity index is 1.94. The van der Waals surface area contributed by atoms with E-state index >= 15 is 0 Å². The van der Waals surface area contributed by atoms with Crippen LogP contribution >= 0.6 is 0 Å². The molecular weight excluding hydrogens is 435 g/mol. The van der Waals surface area contributed by atoms with Crippen LogP contribution in [0.15, 0.2) is 53.3 Å². The zero-order valence-corrected chi connectivity index (χ0v) is 20.1. The number of nitrogens with zero attached hydrogens (tertiary/aromatic N) is 2. The van der Waals surface area contributed by atoms with Crippen LogP contribution < -0.4 is 10.4 Å². The Labute approximate surface area is 199 Å². The van der Waals surface area contributed by atoms with Gasteiger partial charge in [0, 0.05) is 17.8 Å². The minimum atomic E-state index is -1.37. The lowest BCUT2D eigenvalue weighted by Gasteiger charge is -2.12. The first kappa shape index (κ1) is 25.3. The summed E-state index contributed by atoms with van der Waals surface area (Å²) in [7, 11) is 0. The molecule has 182 valence electrons. The largest absolute Gasteiger partial charge is 0.511 e. The molecule has 1 aromatic heterocycles. The first-order valence-electron chi connectivity index (χ1n) is 11.8. The molecule has 0 spiro atoms. The highest BCUT2D eigenvalue weighted by Crippen LogP contribution is 2.30. The summed E-state index contributed by atoms with van der Waals surface area (Å²) in [6, 6.07) is 14.5. The summed E-state index contributed by atoms with van der Waals surface area (Å²) in [5, 5.41) is 8.99. The van der Waals surface area contributed by atoms with Crippen LogP contribution in [-0.2, 0) is 26.2 Å². The fraction of sp³-hybridized carbons (Fsp3) is 0.407. The van der Waals surface area contributed by atoms with Crippen LogP contribution in [0.25, 0.3) is 11.1 Å². The van der Waals surface area contributed by atoms with E-state index in [1.165, 1.54) is 0 Å². The number of carbonyl (C=O) groups is 1. The van der Waals surface area contributed by atoms with Crippen molar-refractivity contribution in [2.24, 2.45) is 5.92 Å². The molecule has 1 N–H and O–H groups in total. The van der Waals surface area contributed by atoms with Gasteiger partial charge in [-0.1, -0.05) is 69.7 Å². The second-order valence-corrected chi connectivity index (χ2v) is 8.89. The Bertz CT molecular complexity index is 1160. The summed E-state index contributed by atoms with van der Waals surface area (Å²) >= 11 is 0. The number of imidazole rings is 1. The molecule has 0 bridgehead atoms. The summed E-state index contributed by atoms with van der Waals surface area (Å²) < 4.78 is 22.3. The van der Waals surface area contributed by atoms with Gasteiger partial charge in [0.2, 0.25) is 0 Å². The predicted molar refractivity (Wildman–Crippen MR) is 131 cm³/mol. The molecule has 7 heteroatoms. The number of unbranched alkanes of at least 4 members (excludes halogenated alkanes) is 1. The molecule has 0 saturated carbocycles. The standard InChI is InChI=1S/C27H33FN2O4/c1-4-5-16-29-24(17-28)23(15-10-19(2)3)30(26(29)31)18-20-11-13-21(14-12-20)22-8-6-7-9-25(22)34-27(32)33/h6-9,11-14,19H,4-5,10,15-18H2,1-3H3,(H,32,33). The summed E-state index contributed by atoms with van der Waals surface area (Å²) in [5.41, 5.74) is 3.49. The van der Waals surface area contributed by atoms with Gasteiger partial charge in [-0.3, -0.25) is 9.13 Å². The first-order chi connectivity index (χ1) is 16.3. The molecule has 0 unspecified atom stereocenters. The van der Waals surface area contributed by atoms with Crippen molar-refractivity contribution in [3.63, 3.8) is 0 Å². The van der Waals surface area contributed by atoms with Crippen molar-refractivity contribution in [1.29, 1.82) is 0 Å². The third-order valence-electron chi connectivity index (χ3n) is 5.96. The van der Waals surface area contributed by atoms with Crippen LogP contribution in [0.4, 0.5) is 9.18 Å². The molecule has 0 aliphatic rings. The highest BCUT2D eigenvalue weighted by Gasteiger charge is 2.20. The third kappa shape index (κ3) is 5.95. The van der Waals surface area contributed by atoms with Gasteiger partial charge in [-0.25, -0.2) is 14.0 Å². The monoisotopic (exact) mass is 468 g/mol. The lowest BCUT2D eigenvalue weighted by atomic mass is 10.0. The molecule has 2 aromatic carbocycles. The summed E-state index contributed by atoms with van der Waals surface area (Å²) in [4.78, 5) is 24.3. The van der Waals surface area contributed by atoms with Crippen LogP contribution in [-0.4, -0.2) is 20.4 Å². The average Bonchev–Trinajstić information content (AvgIpc) is 3.06. The van der Waals surface area contributed by atoms with Gasteiger partial charge in [0.25, 0.3) is 0 Å². The fourth-order valence-electron chi connectivity index (χ4n) is 4.11. The van der Waals surface area contributed by atoms with Gasteiger partial charge < -0.3 is 9.84 Å². The van der Waals surface area contributed by atoms with E-state index in [-0.39, 0.29) is 11.4 Å². The number of benzene rings is 2. The van der Waals surface area contributed by atoms with E-state index in [0.29, 0.717) is 36.7 Å². The first-order valence-corrected chi connectivity index (χ1v) is 11.8. The maximum absolute atomic E-state index is 14.1. The number of carboxylic acid groups (broad SMARTS) is 1. The number of para-hydroxylation sites is 1. The van der Waals surface area contributed by atoms with E-state index in [9.17, 15) is 14.0 Å². The molecular formula is C27H33FN2O4. The fourth-order valence-corrected chi connectivity index (χ4v) is 4.11. The molecule has 0 amide bonds. The lowest BCUT2D eigenvalue weighted by molar-refractivity contribution is 0.144. The summed E-state index contributed by atoms with van der Waals surface area (Å²) in [5.74, 6) is 0.706. The Morgan fingerprint density at radius 3 is 2.38 bits per heavy atom. The summed E-state index contributed by atoms with van der Waals surface area (Å²) in [6.07, 6.45) is 1.92. The number of hydrogen-bond donors (Lipinski definition) is 1. The molecule has 0 atom stereocenters. The number of rotatable bonds is 11. The normalized spacial score (nSPS) is 11.2. The Kier molecular flexibility index (Phi) is 8.68. The number of halogens is 1. The highest BCUT2D eigenvalue weighted by molar-refractivity contribution is 5.74. The van der Waals surface area contributed by atoms with E-state index in [2.05, 4.69) is 20.8 Å². The Morgan fingerprint density at radius 2 is 1.76 bits per heavy atom. The van der Waals surface area contributed by atoms with Gasteiger partial charge in [0.1, 0.15) is 12.4 Å². The van der Waals surface area contributed by atoms with Gasteiger partial charge in [0.05, 0.1) is 12.2 Å². The van der Waals surface area contributed by atoms with Gasteiger partial charge >= 0.3 is 11.8 Å². The van der Waals surface area contributed by atoms with E-state index < -0.39 is 12.8 Å². The molecule has 0 aliphatic carbocycles. The Morgan fingerprint density at radius 1 is 1.06 bits per heavy atom. The van der Waals surface area contributed by atoms with Crippen molar-refractivity contribution < 1.29 is 19.0 Å². The zero-order chi connectivity index (χ0) is 24.7. The summed E-state index contributed by atoms with van der Waals surface area (Å²) in [6.45, 7) is 6.52. The van der Waals surface area contributed by atoms with Crippen molar-refractivity contribution in [2.45, 2.75) is 66.2 Å². The minimum Gasteiger partial charge on any atom is -0.449 e. The average molecular weight is 469 g/mol. The van der Waals surface area contributed by atoms with Crippen molar-refractivity contribution in [2.75, 3.05) is 0 Å². The van der Waals surface area contributed by atoms with Crippen LogP contribution in [0.5, 0.6) is 5.75 Å². The minimum absolute atomic E-state index is 0.163. The highest BCUT2D eigenvalue weighted by atomic mass is 19.1. The van der Waals surface area contributed by atoms with Gasteiger partial charge in [-0.05, 0) is 42.4 Å². The topological polar surface area (TPSA) is 73.5 Å². The van der Waals surface area contributed by atoms with Crippen molar-refractivity contribution in [1.82, 2.24) is 9.13 Å². The smallest absolute Gasteiger partial charge is 0.449 e. The number of alkyl halides is 1. The van der Waals surface area contributed by atoms with Crippen molar-refractivity contribution >= 4 is 6.16 Å². The zero-order valence-electron chi connectivity index (χ0n) is 20.1. The van der Waals surface area contributed by atoms with E-state index in [1.54, 1.807) is 27.3 Å². The Hall–Kier alpha value is -3.35. The molecule has 0 radical (unpaired) electrons. The number of ether oxygens (including phenoxy) is 1. The molecule has 0 fully saturated rings. The van der Waals surface area contributed by atoms with Crippen molar-refractivity contribution in [3.05, 3.63) is 76.0 Å². The predicted octanol–water partition coefficient (Wildman–Crippen LogP) is 6.28. The second kappa shape index (κ2) is 11.7. The SMILES string of the molecule is CCCCn1c(CF)c(CCC(C)C)n(Cc2ccc(-c3ccccc3OC(=O)O)cc2)c1=O. The molecule has 6 nitrogen and oxygen atoms in total. The van der Waals surface area contributed by atoms with E-state index in [0.717, 1.165) is 36.1 Å². The molecule has 3 rings (SSSR count). The van der Waals surface area contributed by atoms with Crippen LogP contribution in [0.1, 0.15) is 57.0 Å². The molecule has 0 saturated heterocycles. The maximum atomic E-state index is 14.1. The second-order valence-electron chi connectivity index (χ2n) is 8.89. The van der Waals surface area contributed by atoms with Crippen LogP contribution in [0.3, 0.4) is 0 Å². The molecule has 1 heterocycles. The molecule has 34 heavy (non-hydrogen) atoms. The molecule has 3 aromatic rings. The lowest BCUT2D eigenvalue weighted by Crippen LogP contribution is -2.26. The van der Waals surface area contributed by atoms with Crippen molar-refractivity contribution in [3.8, 4) is 16.9 Å². The van der Waals surface area contributed by atoms with Gasteiger partial charge in [0.15, 0.2) is 0 Å². The van der Waals surface area contributed by atoms with Gasteiger partial charge in [-0.15, -0.1) is 0 Å². The molecule has 0 aliphatic heterocycles. The quantitative estimate of drug-likeness (QED) is 0.265. The van der Waals surface area contributed by atoms with E-state index in [1.807, 2.05) is 30.3 Å². The number of hydrogen-bond acceptors (Lipinski definition) is 3.